The topological polar surface area (TPSA) is 105 Å². The zero-order valence-electron chi connectivity index (χ0n) is 14.6. The van der Waals surface area contributed by atoms with Crippen molar-refractivity contribution in [3.8, 4) is 0 Å². The summed E-state index contributed by atoms with van der Waals surface area (Å²) in [5, 5.41) is 15.5. The Kier molecular flexibility index (Phi) is 6.26. The summed E-state index contributed by atoms with van der Waals surface area (Å²) in [7, 11) is 0. The predicted octanol–water partition coefficient (Wildman–Crippen LogP) is 3.02. The molecule has 0 spiro atoms. The van der Waals surface area contributed by atoms with Gasteiger partial charge in [-0.15, -0.1) is 0 Å². The highest BCUT2D eigenvalue weighted by Gasteiger charge is 2.15. The number of carbonyl (C=O) groups excluding carboxylic acids is 2. The number of hydrogen-bond donors (Lipinski definition) is 2. The average molecular weight is 356 g/mol. The quantitative estimate of drug-likeness (QED) is 0.470. The van der Waals surface area contributed by atoms with Gasteiger partial charge in [-0.3, -0.25) is 19.7 Å². The van der Waals surface area contributed by atoms with Gasteiger partial charge in [0.15, 0.2) is 0 Å². The number of non-ortho nitro benzene ring substituents is 1. The summed E-state index contributed by atoms with van der Waals surface area (Å²) in [5.41, 5.74) is 1.74. The van der Waals surface area contributed by atoms with Gasteiger partial charge in [-0.2, -0.15) is 0 Å². The zero-order chi connectivity index (χ0) is 19.1. The molecule has 2 aromatic rings. The molecule has 2 aromatic carbocycles. The molecule has 0 saturated heterocycles. The zero-order valence-corrected chi connectivity index (χ0v) is 14.6. The second-order valence-corrected chi connectivity index (χ2v) is 5.43. The minimum Gasteiger partial charge on any atom is -0.372 e. The van der Waals surface area contributed by atoms with Gasteiger partial charge in [-0.05, 0) is 50.2 Å². The number of benzene rings is 2. The lowest BCUT2D eigenvalue weighted by atomic mass is 10.2. The number of carbonyl (C=O) groups is 2. The highest BCUT2D eigenvalue weighted by atomic mass is 16.6. The SMILES string of the molecule is CCN(CC)c1ccc(NC(=O)C(=O)Nc2ccc([N+](=O)[O-])cc2)cc1. The Morgan fingerprint density at radius 2 is 1.31 bits per heavy atom. The number of rotatable bonds is 6. The third kappa shape index (κ3) is 4.79. The summed E-state index contributed by atoms with van der Waals surface area (Å²) in [4.78, 5) is 36.1. The molecule has 0 aliphatic rings. The number of nitrogens with zero attached hydrogens (tertiary/aromatic N) is 2. The summed E-state index contributed by atoms with van der Waals surface area (Å²) in [6.07, 6.45) is 0. The maximum atomic E-state index is 12.0. The maximum absolute atomic E-state index is 12.0. The lowest BCUT2D eigenvalue weighted by molar-refractivity contribution is -0.384. The molecular formula is C18H20N4O4. The van der Waals surface area contributed by atoms with E-state index in [4.69, 9.17) is 0 Å². The fraction of sp³-hybridized carbons (Fsp3) is 0.222. The van der Waals surface area contributed by atoms with Gasteiger partial charge in [-0.25, -0.2) is 0 Å². The molecule has 0 atom stereocenters. The molecule has 0 heterocycles. The average Bonchev–Trinajstić information content (AvgIpc) is 2.64. The van der Waals surface area contributed by atoms with E-state index in [1.165, 1.54) is 24.3 Å². The number of nitro benzene ring substituents is 1. The van der Waals surface area contributed by atoms with Crippen molar-refractivity contribution in [3.63, 3.8) is 0 Å². The van der Waals surface area contributed by atoms with Gasteiger partial charge in [0.1, 0.15) is 0 Å². The molecule has 0 aliphatic heterocycles. The minimum absolute atomic E-state index is 0.0965. The van der Waals surface area contributed by atoms with Crippen LogP contribution in [0.4, 0.5) is 22.7 Å². The van der Waals surface area contributed by atoms with Crippen LogP contribution >= 0.6 is 0 Å². The highest BCUT2D eigenvalue weighted by molar-refractivity contribution is 6.43. The van der Waals surface area contributed by atoms with Crippen molar-refractivity contribution >= 4 is 34.6 Å². The maximum Gasteiger partial charge on any atom is 0.314 e. The molecule has 8 heteroatoms. The van der Waals surface area contributed by atoms with E-state index in [1.807, 2.05) is 12.1 Å². The van der Waals surface area contributed by atoms with Crippen LogP contribution < -0.4 is 15.5 Å². The van der Waals surface area contributed by atoms with Gasteiger partial charge < -0.3 is 15.5 Å². The Morgan fingerprint density at radius 1 is 0.885 bits per heavy atom. The first kappa shape index (κ1) is 18.9. The monoisotopic (exact) mass is 356 g/mol. The number of nitro groups is 1. The molecular weight excluding hydrogens is 336 g/mol. The first-order chi connectivity index (χ1) is 12.4. The Morgan fingerprint density at radius 3 is 1.69 bits per heavy atom. The van der Waals surface area contributed by atoms with Crippen LogP contribution in [0, 0.1) is 10.1 Å². The van der Waals surface area contributed by atoms with Crippen LogP contribution in [0.15, 0.2) is 48.5 Å². The molecule has 2 N–H and O–H groups in total. The van der Waals surface area contributed by atoms with Crippen LogP contribution in [0.25, 0.3) is 0 Å². The van der Waals surface area contributed by atoms with Crippen LogP contribution in [0.5, 0.6) is 0 Å². The van der Waals surface area contributed by atoms with E-state index in [-0.39, 0.29) is 5.69 Å². The molecule has 0 aliphatic carbocycles. The fourth-order valence-corrected chi connectivity index (χ4v) is 2.39. The Balaban J connectivity index is 1.96. The second kappa shape index (κ2) is 8.61. The normalized spacial score (nSPS) is 10.1. The largest absolute Gasteiger partial charge is 0.372 e. The van der Waals surface area contributed by atoms with Gasteiger partial charge in [-0.1, -0.05) is 0 Å². The minimum atomic E-state index is -0.855. The van der Waals surface area contributed by atoms with Crippen LogP contribution in [-0.2, 0) is 9.59 Å². The van der Waals surface area contributed by atoms with Gasteiger partial charge >= 0.3 is 11.8 Å². The summed E-state index contributed by atoms with van der Waals surface area (Å²) in [6.45, 7) is 5.86. The van der Waals surface area contributed by atoms with E-state index >= 15 is 0 Å². The van der Waals surface area contributed by atoms with Crippen molar-refractivity contribution in [2.75, 3.05) is 28.6 Å². The van der Waals surface area contributed by atoms with E-state index in [9.17, 15) is 19.7 Å². The van der Waals surface area contributed by atoms with Crippen LogP contribution in [0.3, 0.4) is 0 Å². The summed E-state index contributed by atoms with van der Waals surface area (Å²) >= 11 is 0. The number of anilines is 3. The van der Waals surface area contributed by atoms with Crippen LogP contribution in [0.1, 0.15) is 13.8 Å². The smallest absolute Gasteiger partial charge is 0.314 e. The van der Waals surface area contributed by atoms with Crippen molar-refractivity contribution in [2.24, 2.45) is 0 Å². The van der Waals surface area contributed by atoms with E-state index in [1.54, 1.807) is 12.1 Å². The van der Waals surface area contributed by atoms with Gasteiger partial charge in [0.2, 0.25) is 0 Å². The lowest BCUT2D eigenvalue weighted by Crippen LogP contribution is -2.29. The van der Waals surface area contributed by atoms with Gasteiger partial charge in [0, 0.05) is 42.3 Å². The Hall–Kier alpha value is -3.42. The Bertz CT molecular complexity index is 784. The standard InChI is InChI=1S/C18H20N4O4/c1-3-21(4-2)15-9-5-13(6-10-15)19-17(23)18(24)20-14-7-11-16(12-8-14)22(25)26/h5-12H,3-4H2,1-2H3,(H,19,23)(H,20,24). The molecule has 136 valence electrons. The van der Waals surface area contributed by atoms with Gasteiger partial charge in [0.25, 0.3) is 5.69 Å². The first-order valence-electron chi connectivity index (χ1n) is 8.16. The molecule has 0 radical (unpaired) electrons. The number of hydrogen-bond acceptors (Lipinski definition) is 5. The molecule has 0 aromatic heterocycles. The van der Waals surface area contributed by atoms with Crippen molar-refractivity contribution < 1.29 is 14.5 Å². The molecule has 8 nitrogen and oxygen atoms in total. The molecule has 0 unspecified atom stereocenters. The molecule has 2 amide bonds. The number of amides is 2. The fourth-order valence-electron chi connectivity index (χ4n) is 2.39. The first-order valence-corrected chi connectivity index (χ1v) is 8.16. The van der Waals surface area contributed by atoms with E-state index < -0.39 is 16.7 Å². The summed E-state index contributed by atoms with van der Waals surface area (Å²) < 4.78 is 0. The summed E-state index contributed by atoms with van der Waals surface area (Å²) in [6, 6.07) is 12.4. The third-order valence-electron chi connectivity index (χ3n) is 3.80. The third-order valence-corrected chi connectivity index (χ3v) is 3.80. The van der Waals surface area contributed by atoms with Crippen LogP contribution in [0.2, 0.25) is 0 Å². The molecule has 0 bridgehead atoms. The van der Waals surface area contributed by atoms with E-state index in [0.717, 1.165) is 18.8 Å². The van der Waals surface area contributed by atoms with E-state index in [2.05, 4.69) is 29.4 Å². The van der Waals surface area contributed by atoms with E-state index in [0.29, 0.717) is 11.4 Å². The number of nitrogens with one attached hydrogen (secondary N) is 2. The Labute approximate surface area is 151 Å². The molecule has 0 fully saturated rings. The van der Waals surface area contributed by atoms with Crippen molar-refractivity contribution in [2.45, 2.75) is 13.8 Å². The molecule has 26 heavy (non-hydrogen) atoms. The molecule has 2 rings (SSSR count). The lowest BCUT2D eigenvalue weighted by Gasteiger charge is -2.21. The van der Waals surface area contributed by atoms with Crippen LogP contribution in [-0.4, -0.2) is 29.8 Å². The van der Waals surface area contributed by atoms with Crippen molar-refractivity contribution in [1.82, 2.24) is 0 Å². The molecule has 0 saturated carbocycles. The summed E-state index contributed by atoms with van der Waals surface area (Å²) in [5.74, 6) is -1.68. The van der Waals surface area contributed by atoms with Gasteiger partial charge in [0.05, 0.1) is 4.92 Å². The van der Waals surface area contributed by atoms with Crippen molar-refractivity contribution in [3.05, 3.63) is 58.6 Å². The predicted molar refractivity (Wildman–Crippen MR) is 100 cm³/mol. The van der Waals surface area contributed by atoms with Crippen molar-refractivity contribution in [1.29, 1.82) is 0 Å². The highest BCUT2D eigenvalue weighted by Crippen LogP contribution is 2.18. The second-order valence-electron chi connectivity index (χ2n) is 5.43.